The first-order valence-corrected chi connectivity index (χ1v) is 9.36. The van der Waals surface area contributed by atoms with E-state index in [9.17, 15) is 19.5 Å². The minimum absolute atomic E-state index is 0.264. The summed E-state index contributed by atoms with van der Waals surface area (Å²) in [4.78, 5) is 37.2. The van der Waals surface area contributed by atoms with Gasteiger partial charge in [-0.15, -0.1) is 0 Å². The lowest BCUT2D eigenvalue weighted by molar-refractivity contribution is -0.308. The van der Waals surface area contributed by atoms with Crippen molar-refractivity contribution in [3.05, 3.63) is 40.3 Å². The van der Waals surface area contributed by atoms with E-state index in [-0.39, 0.29) is 23.2 Å². The van der Waals surface area contributed by atoms with Crippen molar-refractivity contribution >= 4 is 52.2 Å². The number of carbonyl (C=O) groups is 3. The topological polar surface area (TPSA) is 89.5 Å². The maximum Gasteiger partial charge on any atom is 0.266 e. The van der Waals surface area contributed by atoms with E-state index in [0.717, 1.165) is 22.9 Å². The number of thiocarbonyl (C=S) groups is 1. The lowest BCUT2D eigenvalue weighted by Crippen LogP contribution is -2.50. The fourth-order valence-corrected chi connectivity index (χ4v) is 3.63. The Balaban J connectivity index is 2.05. The number of nitrogens with zero attached hydrogens (tertiary/aromatic N) is 1. The van der Waals surface area contributed by atoms with Crippen molar-refractivity contribution in [2.45, 2.75) is 32.7 Å². The molecule has 26 heavy (non-hydrogen) atoms. The maximum atomic E-state index is 12.5. The van der Waals surface area contributed by atoms with Crippen molar-refractivity contribution in [2.75, 3.05) is 6.54 Å². The Kier molecular flexibility index (Phi) is 6.93. The second kappa shape index (κ2) is 8.95. The molecule has 2 rings (SSSR count). The average molecular weight is 391 g/mol. The Morgan fingerprint density at radius 3 is 2.58 bits per heavy atom. The van der Waals surface area contributed by atoms with Gasteiger partial charge in [0.2, 0.25) is 5.91 Å². The Bertz CT molecular complexity index is 759. The van der Waals surface area contributed by atoms with Crippen LogP contribution < -0.4 is 10.4 Å². The van der Waals surface area contributed by atoms with Crippen LogP contribution in [0.5, 0.6) is 0 Å². The van der Waals surface area contributed by atoms with Crippen LogP contribution >= 0.6 is 24.0 Å². The number of carboxylic acid groups (broad SMARTS) is 1. The van der Waals surface area contributed by atoms with E-state index in [1.54, 1.807) is 13.0 Å². The highest BCUT2D eigenvalue weighted by molar-refractivity contribution is 8.26. The summed E-state index contributed by atoms with van der Waals surface area (Å²) in [6, 6.07) is 6.59. The molecule has 6 nitrogen and oxygen atoms in total. The largest absolute Gasteiger partial charge is 0.548 e. The van der Waals surface area contributed by atoms with E-state index >= 15 is 0 Å². The van der Waals surface area contributed by atoms with Gasteiger partial charge in [-0.3, -0.25) is 14.5 Å². The number of rotatable bonds is 7. The number of carbonyl (C=O) groups excluding carboxylic acids is 3. The molecule has 138 valence electrons. The van der Waals surface area contributed by atoms with Crippen molar-refractivity contribution in [2.24, 2.45) is 0 Å². The zero-order chi connectivity index (χ0) is 19.3. The number of thioether (sulfide) groups is 1. The molecule has 0 aliphatic carbocycles. The molecule has 1 fully saturated rings. The highest BCUT2D eigenvalue weighted by Crippen LogP contribution is 2.32. The van der Waals surface area contributed by atoms with Crippen LogP contribution in [-0.4, -0.2) is 39.6 Å². The Morgan fingerprint density at radius 1 is 1.35 bits per heavy atom. The standard InChI is InChI=1S/C18H20N2O4S2/c1-3-4-13(17(23)24)19-15(21)10-20-16(22)14(26-18(20)25)9-12-7-5-11(2)6-8-12/h5-9,13H,3-4,10H2,1-2H3,(H,19,21)(H,23,24)/p-1/b14-9+/t13-/m0/s1. The van der Waals surface area contributed by atoms with Gasteiger partial charge in [0, 0.05) is 0 Å². The zero-order valence-corrected chi connectivity index (χ0v) is 16.1. The summed E-state index contributed by atoms with van der Waals surface area (Å²) in [5.74, 6) is -2.29. The molecule has 2 amide bonds. The van der Waals surface area contributed by atoms with Gasteiger partial charge in [-0.05, 0) is 25.0 Å². The van der Waals surface area contributed by atoms with E-state index in [1.807, 2.05) is 31.2 Å². The van der Waals surface area contributed by atoms with Crippen LogP contribution in [0.25, 0.3) is 6.08 Å². The van der Waals surface area contributed by atoms with Gasteiger partial charge in [0.1, 0.15) is 10.9 Å². The molecule has 1 aromatic carbocycles. The van der Waals surface area contributed by atoms with Crippen molar-refractivity contribution in [1.29, 1.82) is 0 Å². The number of aliphatic carboxylic acids is 1. The first-order chi connectivity index (χ1) is 12.3. The predicted molar refractivity (Wildman–Crippen MR) is 103 cm³/mol. The smallest absolute Gasteiger partial charge is 0.266 e. The van der Waals surface area contributed by atoms with Gasteiger partial charge in [-0.1, -0.05) is 67.2 Å². The van der Waals surface area contributed by atoms with E-state index in [1.165, 1.54) is 4.90 Å². The quantitative estimate of drug-likeness (QED) is 0.555. The minimum Gasteiger partial charge on any atom is -0.548 e. The van der Waals surface area contributed by atoms with Crippen LogP contribution in [-0.2, 0) is 14.4 Å². The second-order valence-corrected chi connectivity index (χ2v) is 7.58. The summed E-state index contributed by atoms with van der Waals surface area (Å²) in [6.45, 7) is 3.46. The van der Waals surface area contributed by atoms with Crippen LogP contribution in [0.3, 0.4) is 0 Å². The van der Waals surface area contributed by atoms with Crippen LogP contribution in [0.15, 0.2) is 29.2 Å². The van der Waals surface area contributed by atoms with Gasteiger partial charge >= 0.3 is 0 Å². The first kappa shape index (κ1) is 20.1. The molecule has 0 bridgehead atoms. The van der Waals surface area contributed by atoms with Crippen LogP contribution in [0, 0.1) is 6.92 Å². The number of aryl methyl sites for hydroxylation is 1. The molecule has 1 aliphatic heterocycles. The van der Waals surface area contributed by atoms with E-state index in [0.29, 0.717) is 11.3 Å². The maximum absolute atomic E-state index is 12.5. The fourth-order valence-electron chi connectivity index (χ4n) is 2.37. The second-order valence-electron chi connectivity index (χ2n) is 5.91. The van der Waals surface area contributed by atoms with E-state index in [2.05, 4.69) is 5.32 Å². The van der Waals surface area contributed by atoms with Crippen LogP contribution in [0.2, 0.25) is 0 Å². The summed E-state index contributed by atoms with van der Waals surface area (Å²) >= 11 is 6.30. The van der Waals surface area contributed by atoms with Gasteiger partial charge in [0.15, 0.2) is 0 Å². The highest BCUT2D eigenvalue weighted by Gasteiger charge is 2.33. The normalized spacial score (nSPS) is 16.8. The molecule has 0 unspecified atom stereocenters. The van der Waals surface area contributed by atoms with Crippen molar-refractivity contribution in [3.63, 3.8) is 0 Å². The van der Waals surface area contributed by atoms with Crippen molar-refractivity contribution < 1.29 is 19.5 Å². The van der Waals surface area contributed by atoms with Gasteiger partial charge in [-0.2, -0.15) is 0 Å². The summed E-state index contributed by atoms with van der Waals surface area (Å²) in [5.41, 5.74) is 1.97. The lowest BCUT2D eigenvalue weighted by atomic mass is 10.1. The molecular formula is C18H19N2O4S2-. The summed E-state index contributed by atoms with van der Waals surface area (Å²) in [6.07, 6.45) is 2.57. The van der Waals surface area contributed by atoms with Crippen molar-refractivity contribution in [1.82, 2.24) is 10.2 Å². The number of nitrogens with one attached hydrogen (secondary N) is 1. The van der Waals surface area contributed by atoms with Gasteiger partial charge in [-0.25, -0.2) is 0 Å². The van der Waals surface area contributed by atoms with Crippen LogP contribution in [0.4, 0.5) is 0 Å². The predicted octanol–water partition coefficient (Wildman–Crippen LogP) is 1.23. The van der Waals surface area contributed by atoms with Gasteiger partial charge < -0.3 is 15.2 Å². The first-order valence-electron chi connectivity index (χ1n) is 8.14. The van der Waals surface area contributed by atoms with E-state index < -0.39 is 17.9 Å². The molecular weight excluding hydrogens is 372 g/mol. The summed E-state index contributed by atoms with van der Waals surface area (Å²) in [5, 5.41) is 13.4. The zero-order valence-electron chi connectivity index (χ0n) is 14.5. The minimum atomic E-state index is -1.34. The monoisotopic (exact) mass is 391 g/mol. The van der Waals surface area contributed by atoms with Gasteiger partial charge in [0.05, 0.1) is 16.9 Å². The highest BCUT2D eigenvalue weighted by atomic mass is 32.2. The third kappa shape index (κ3) is 5.15. The molecule has 0 saturated carbocycles. The number of carboxylic acids is 1. The SMILES string of the molecule is CCC[C@H](NC(=O)CN1C(=O)/C(=C\c2ccc(C)cc2)SC1=S)C(=O)[O-]. The molecule has 1 heterocycles. The Labute approximate surface area is 161 Å². The summed E-state index contributed by atoms with van der Waals surface area (Å²) in [7, 11) is 0. The number of hydrogen-bond donors (Lipinski definition) is 1. The lowest BCUT2D eigenvalue weighted by Gasteiger charge is -2.21. The summed E-state index contributed by atoms with van der Waals surface area (Å²) < 4.78 is 0.268. The molecule has 8 heteroatoms. The average Bonchev–Trinajstić information content (AvgIpc) is 2.84. The Morgan fingerprint density at radius 2 is 2.00 bits per heavy atom. The third-order valence-corrected chi connectivity index (χ3v) is 5.13. The molecule has 1 saturated heterocycles. The van der Waals surface area contributed by atoms with Crippen molar-refractivity contribution in [3.8, 4) is 0 Å². The third-order valence-electron chi connectivity index (χ3n) is 3.75. The Hall–Kier alpha value is -2.19. The molecule has 1 aromatic rings. The molecule has 0 spiro atoms. The molecule has 0 radical (unpaired) electrons. The van der Waals surface area contributed by atoms with E-state index in [4.69, 9.17) is 12.2 Å². The van der Waals surface area contributed by atoms with Crippen LogP contribution in [0.1, 0.15) is 30.9 Å². The molecule has 0 aromatic heterocycles. The molecule has 1 atom stereocenters. The number of benzene rings is 1. The number of hydrogen-bond acceptors (Lipinski definition) is 6. The molecule has 1 N–H and O–H groups in total. The number of amides is 2. The van der Waals surface area contributed by atoms with Gasteiger partial charge in [0.25, 0.3) is 5.91 Å². The fraction of sp³-hybridized carbons (Fsp3) is 0.333. The molecule has 1 aliphatic rings.